The minimum absolute atomic E-state index is 0.0128. The fourth-order valence-electron chi connectivity index (χ4n) is 2.82. The van der Waals surface area contributed by atoms with Gasteiger partial charge in [-0.1, -0.05) is 52.1 Å². The van der Waals surface area contributed by atoms with E-state index in [4.69, 9.17) is 27.9 Å². The molecule has 5 nitrogen and oxygen atoms in total. The third-order valence-electron chi connectivity index (χ3n) is 5.00. The van der Waals surface area contributed by atoms with Crippen LogP contribution in [0.25, 0.3) is 0 Å². The van der Waals surface area contributed by atoms with Gasteiger partial charge in [0.2, 0.25) is 5.91 Å². The lowest BCUT2D eigenvalue weighted by Gasteiger charge is -2.29. The third-order valence-corrected chi connectivity index (χ3v) is 6.63. The van der Waals surface area contributed by atoms with Gasteiger partial charge in [-0.15, -0.1) is 0 Å². The molecule has 0 bridgehead atoms. The average Bonchev–Trinajstić information content (AvgIpc) is 2.74. The monoisotopic (exact) mass is 528 g/mol. The van der Waals surface area contributed by atoms with Crippen LogP contribution in [0.1, 0.15) is 38.3 Å². The number of carbonyl (C=O) groups is 2. The number of aryl methyl sites for hydroxylation is 1. The number of carbonyl (C=O) groups excluding carboxylic acids is 2. The molecule has 2 rings (SSSR count). The van der Waals surface area contributed by atoms with Gasteiger partial charge < -0.3 is 15.0 Å². The highest BCUT2D eigenvalue weighted by atomic mass is 79.9. The topological polar surface area (TPSA) is 58.6 Å². The summed E-state index contributed by atoms with van der Waals surface area (Å²) in [7, 11) is 0. The van der Waals surface area contributed by atoms with Crippen molar-refractivity contribution in [1.82, 2.24) is 10.2 Å². The van der Waals surface area contributed by atoms with E-state index in [2.05, 4.69) is 21.2 Å². The Morgan fingerprint density at radius 1 is 1.13 bits per heavy atom. The molecule has 0 aromatic heterocycles. The molecule has 2 atom stereocenters. The van der Waals surface area contributed by atoms with Gasteiger partial charge in [0.1, 0.15) is 11.8 Å². The Bertz CT molecular complexity index is 939. The van der Waals surface area contributed by atoms with E-state index in [9.17, 15) is 9.59 Å². The Balaban J connectivity index is 2.19. The number of nitrogens with one attached hydrogen (secondary N) is 1. The number of halogens is 3. The fraction of sp³-hybridized carbons (Fsp3) is 0.391. The van der Waals surface area contributed by atoms with Crippen molar-refractivity contribution in [3.05, 3.63) is 62.0 Å². The summed E-state index contributed by atoms with van der Waals surface area (Å²) >= 11 is 15.6. The molecule has 0 spiro atoms. The predicted octanol–water partition coefficient (Wildman–Crippen LogP) is 5.78. The molecule has 8 heteroatoms. The zero-order valence-electron chi connectivity index (χ0n) is 18.0. The molecule has 2 aromatic carbocycles. The molecule has 0 aliphatic rings. The van der Waals surface area contributed by atoms with Crippen LogP contribution in [0.5, 0.6) is 5.75 Å². The van der Waals surface area contributed by atoms with Gasteiger partial charge >= 0.3 is 0 Å². The molecule has 1 N–H and O–H groups in total. The highest BCUT2D eigenvalue weighted by Gasteiger charge is 2.27. The summed E-state index contributed by atoms with van der Waals surface area (Å²) < 4.78 is 6.67. The Morgan fingerprint density at radius 2 is 1.84 bits per heavy atom. The van der Waals surface area contributed by atoms with E-state index in [-0.39, 0.29) is 31.0 Å². The molecule has 2 amide bonds. The van der Waals surface area contributed by atoms with Gasteiger partial charge in [0.25, 0.3) is 5.91 Å². The SMILES string of the molecule is CC[C@H](C)NC(=O)[C@@H](C)N(Cc1ccc(Cl)c(Cl)c1)C(=O)COc1ccc(Br)c(C)c1. The Hall–Kier alpha value is -1.76. The van der Waals surface area contributed by atoms with Crippen molar-refractivity contribution in [3.8, 4) is 5.75 Å². The lowest BCUT2D eigenvalue weighted by atomic mass is 10.1. The number of nitrogens with zero attached hydrogens (tertiary/aromatic N) is 1. The summed E-state index contributed by atoms with van der Waals surface area (Å²) in [5, 5.41) is 3.76. The molecule has 0 saturated heterocycles. The number of hydrogen-bond acceptors (Lipinski definition) is 3. The van der Waals surface area contributed by atoms with Crippen molar-refractivity contribution >= 4 is 50.9 Å². The summed E-state index contributed by atoms with van der Waals surface area (Å²) in [6.07, 6.45) is 0.797. The van der Waals surface area contributed by atoms with Crippen molar-refractivity contribution in [3.63, 3.8) is 0 Å². The van der Waals surface area contributed by atoms with E-state index in [1.807, 2.05) is 32.9 Å². The summed E-state index contributed by atoms with van der Waals surface area (Å²) in [5.74, 6) is 0.0564. The largest absolute Gasteiger partial charge is 0.484 e. The van der Waals surface area contributed by atoms with Gasteiger partial charge in [-0.05, 0) is 68.7 Å². The molecule has 0 fully saturated rings. The zero-order valence-corrected chi connectivity index (χ0v) is 21.1. The summed E-state index contributed by atoms with van der Waals surface area (Å²) in [6, 6.07) is 9.98. The second-order valence-electron chi connectivity index (χ2n) is 7.46. The van der Waals surface area contributed by atoms with Crippen LogP contribution >= 0.6 is 39.1 Å². The second-order valence-corrected chi connectivity index (χ2v) is 9.13. The van der Waals surface area contributed by atoms with Gasteiger partial charge in [-0.2, -0.15) is 0 Å². The van der Waals surface area contributed by atoms with Crippen LogP contribution in [0.2, 0.25) is 10.0 Å². The minimum atomic E-state index is -0.689. The smallest absolute Gasteiger partial charge is 0.261 e. The Morgan fingerprint density at radius 3 is 2.45 bits per heavy atom. The molecule has 0 radical (unpaired) electrons. The first kappa shape index (κ1) is 25.5. The molecular formula is C23H27BrCl2N2O3. The standard InChI is InChI=1S/C23H27BrCl2N2O3/c1-5-15(3)27-23(30)16(4)28(12-17-6-9-20(25)21(26)11-17)22(29)13-31-18-7-8-19(24)14(2)10-18/h6-11,15-16H,5,12-13H2,1-4H3,(H,27,30)/t15-,16+/m0/s1. The highest BCUT2D eigenvalue weighted by molar-refractivity contribution is 9.10. The third kappa shape index (κ3) is 7.41. The van der Waals surface area contributed by atoms with Crippen molar-refractivity contribution < 1.29 is 14.3 Å². The molecule has 2 aromatic rings. The molecule has 0 aliphatic carbocycles. The molecular weight excluding hydrogens is 503 g/mol. The molecule has 168 valence electrons. The Labute approximate surface area is 202 Å². The lowest BCUT2D eigenvalue weighted by Crippen LogP contribution is -2.50. The van der Waals surface area contributed by atoms with Crippen LogP contribution in [0, 0.1) is 6.92 Å². The summed E-state index contributed by atoms with van der Waals surface area (Å²) in [6.45, 7) is 7.57. The van der Waals surface area contributed by atoms with Crippen molar-refractivity contribution in [1.29, 1.82) is 0 Å². The van der Waals surface area contributed by atoms with Gasteiger partial charge in [0, 0.05) is 17.1 Å². The maximum Gasteiger partial charge on any atom is 0.261 e. The van der Waals surface area contributed by atoms with Gasteiger partial charge in [0.15, 0.2) is 6.61 Å². The van der Waals surface area contributed by atoms with Gasteiger partial charge in [0.05, 0.1) is 10.0 Å². The molecule has 0 aliphatic heterocycles. The van der Waals surface area contributed by atoms with Crippen LogP contribution in [0.3, 0.4) is 0 Å². The zero-order chi connectivity index (χ0) is 23.1. The number of rotatable bonds is 9. The van der Waals surface area contributed by atoms with Crippen LogP contribution in [0.4, 0.5) is 0 Å². The number of ether oxygens (including phenoxy) is 1. The van der Waals surface area contributed by atoms with E-state index >= 15 is 0 Å². The van der Waals surface area contributed by atoms with Crippen molar-refractivity contribution in [2.24, 2.45) is 0 Å². The Kier molecular flexibility index (Phi) is 9.66. The first-order valence-corrected chi connectivity index (χ1v) is 11.6. The number of hydrogen-bond donors (Lipinski definition) is 1. The quantitative estimate of drug-likeness (QED) is 0.448. The molecule has 0 saturated carbocycles. The highest BCUT2D eigenvalue weighted by Crippen LogP contribution is 2.24. The molecule has 0 unspecified atom stereocenters. The van der Waals surface area contributed by atoms with Gasteiger partial charge in [-0.25, -0.2) is 0 Å². The summed E-state index contributed by atoms with van der Waals surface area (Å²) in [5.41, 5.74) is 1.77. The maximum absolute atomic E-state index is 13.1. The molecule has 0 heterocycles. The first-order valence-electron chi connectivity index (χ1n) is 10.0. The normalized spacial score (nSPS) is 12.7. The van der Waals surface area contributed by atoms with Crippen LogP contribution in [-0.4, -0.2) is 35.4 Å². The van der Waals surface area contributed by atoms with E-state index in [0.29, 0.717) is 15.8 Å². The van der Waals surface area contributed by atoms with Gasteiger partial charge in [-0.3, -0.25) is 9.59 Å². The lowest BCUT2D eigenvalue weighted by molar-refractivity contribution is -0.142. The van der Waals surface area contributed by atoms with E-state index < -0.39 is 6.04 Å². The van der Waals surface area contributed by atoms with Crippen LogP contribution in [-0.2, 0) is 16.1 Å². The predicted molar refractivity (Wildman–Crippen MR) is 129 cm³/mol. The summed E-state index contributed by atoms with van der Waals surface area (Å²) in [4.78, 5) is 27.3. The maximum atomic E-state index is 13.1. The van der Waals surface area contributed by atoms with Crippen molar-refractivity contribution in [2.75, 3.05) is 6.61 Å². The van der Waals surface area contributed by atoms with Crippen molar-refractivity contribution in [2.45, 2.75) is 52.7 Å². The van der Waals surface area contributed by atoms with E-state index in [1.54, 1.807) is 31.2 Å². The fourth-order valence-corrected chi connectivity index (χ4v) is 3.39. The molecule has 31 heavy (non-hydrogen) atoms. The average molecular weight is 530 g/mol. The minimum Gasteiger partial charge on any atom is -0.484 e. The van der Waals surface area contributed by atoms with E-state index in [1.165, 1.54) is 4.90 Å². The number of amides is 2. The number of benzene rings is 2. The first-order chi connectivity index (χ1) is 14.6. The van der Waals surface area contributed by atoms with Crippen LogP contribution in [0.15, 0.2) is 40.9 Å². The van der Waals surface area contributed by atoms with Crippen LogP contribution < -0.4 is 10.1 Å². The van der Waals surface area contributed by atoms with E-state index in [0.717, 1.165) is 22.0 Å². The second kappa shape index (κ2) is 11.7.